The van der Waals surface area contributed by atoms with E-state index in [0.717, 1.165) is 27.4 Å². The fourth-order valence-corrected chi connectivity index (χ4v) is 5.77. The summed E-state index contributed by atoms with van der Waals surface area (Å²) in [5.74, 6) is -0.0565. The highest BCUT2D eigenvalue weighted by atomic mass is 32.2. The number of anilines is 1. The maximum Gasteiger partial charge on any atom is 0.244 e. The summed E-state index contributed by atoms with van der Waals surface area (Å²) < 4.78 is 39.1. The van der Waals surface area contributed by atoms with Crippen LogP contribution in [0.4, 0.5) is 5.69 Å². The minimum Gasteiger partial charge on any atom is -0.486 e. The highest BCUT2D eigenvalue weighted by Gasteiger charge is 2.34. The minimum absolute atomic E-state index is 0.136. The molecule has 3 aromatic rings. The zero-order valence-electron chi connectivity index (χ0n) is 24.4. The molecular weight excluding hydrogens is 554 g/mol. The summed E-state index contributed by atoms with van der Waals surface area (Å²) >= 11 is 0. The van der Waals surface area contributed by atoms with E-state index in [0.29, 0.717) is 36.9 Å². The summed E-state index contributed by atoms with van der Waals surface area (Å²) in [6, 6.07) is 21.2. The first kappa shape index (κ1) is 30.9. The molecule has 1 N–H and O–H groups in total. The SMILES string of the molecule is CCCNC(=O)C(Cc1ccccc1)N(Cc1ccc(C)cc1)C(=O)CN(c1ccc2c(c1)OCCO2)S(=O)(=O)CC. The van der Waals surface area contributed by atoms with Gasteiger partial charge in [-0.15, -0.1) is 0 Å². The molecule has 1 heterocycles. The van der Waals surface area contributed by atoms with Crippen LogP contribution >= 0.6 is 0 Å². The molecule has 0 saturated heterocycles. The molecule has 1 atom stereocenters. The number of amides is 2. The molecule has 0 aromatic heterocycles. The van der Waals surface area contributed by atoms with E-state index < -0.39 is 28.5 Å². The monoisotopic (exact) mass is 593 g/mol. The summed E-state index contributed by atoms with van der Waals surface area (Å²) in [5, 5.41) is 2.95. The molecule has 4 rings (SSSR count). The molecule has 0 fully saturated rings. The molecule has 1 unspecified atom stereocenters. The Balaban J connectivity index is 1.73. The number of carbonyl (C=O) groups is 2. The van der Waals surface area contributed by atoms with Crippen LogP contribution in [0.5, 0.6) is 11.5 Å². The Morgan fingerprint density at radius 3 is 2.26 bits per heavy atom. The lowest BCUT2D eigenvalue weighted by atomic mass is 10.0. The number of nitrogens with one attached hydrogen (secondary N) is 1. The fourth-order valence-electron chi connectivity index (χ4n) is 4.72. The third-order valence-corrected chi connectivity index (χ3v) is 8.83. The molecule has 0 radical (unpaired) electrons. The number of sulfonamides is 1. The largest absolute Gasteiger partial charge is 0.486 e. The number of hydrogen-bond acceptors (Lipinski definition) is 6. The number of aryl methyl sites for hydroxylation is 1. The summed E-state index contributed by atoms with van der Waals surface area (Å²) in [5.41, 5.74) is 3.08. The predicted octanol–water partition coefficient (Wildman–Crippen LogP) is 4.09. The average Bonchev–Trinajstić information content (AvgIpc) is 3.01. The smallest absolute Gasteiger partial charge is 0.244 e. The van der Waals surface area contributed by atoms with E-state index in [2.05, 4.69) is 5.32 Å². The van der Waals surface area contributed by atoms with Crippen molar-refractivity contribution in [1.82, 2.24) is 10.2 Å². The minimum atomic E-state index is -3.88. The first-order valence-electron chi connectivity index (χ1n) is 14.3. The van der Waals surface area contributed by atoms with Gasteiger partial charge in [-0.3, -0.25) is 13.9 Å². The Morgan fingerprint density at radius 2 is 1.60 bits per heavy atom. The number of benzene rings is 3. The number of ether oxygens (including phenoxy) is 2. The standard InChI is InChI=1S/C32H39N3O6S/c1-4-17-33-32(37)28(20-25-9-7-6-8-10-25)34(22-26-13-11-24(3)12-14-26)31(36)23-35(42(38,39)5-2)27-15-16-29-30(21-27)41-19-18-40-29/h6-16,21,28H,4-5,17-20,22-23H2,1-3H3,(H,33,37). The summed E-state index contributed by atoms with van der Waals surface area (Å²) in [4.78, 5) is 29.3. The van der Waals surface area contributed by atoms with Crippen molar-refractivity contribution in [1.29, 1.82) is 0 Å². The van der Waals surface area contributed by atoms with E-state index in [9.17, 15) is 18.0 Å². The number of fused-ring (bicyclic) bond motifs is 1. The van der Waals surface area contributed by atoms with Crippen LogP contribution in [0.2, 0.25) is 0 Å². The van der Waals surface area contributed by atoms with Crippen LogP contribution in [0.1, 0.15) is 37.0 Å². The maximum atomic E-state index is 14.2. The number of nitrogens with zero attached hydrogens (tertiary/aromatic N) is 2. The van der Waals surface area contributed by atoms with Crippen molar-refractivity contribution in [3.05, 3.63) is 89.5 Å². The van der Waals surface area contributed by atoms with Gasteiger partial charge in [0, 0.05) is 25.6 Å². The molecule has 224 valence electrons. The van der Waals surface area contributed by atoms with Crippen molar-refractivity contribution in [2.24, 2.45) is 0 Å². The van der Waals surface area contributed by atoms with Crippen molar-refractivity contribution in [3.63, 3.8) is 0 Å². The molecule has 0 aliphatic carbocycles. The van der Waals surface area contributed by atoms with Crippen LogP contribution in [-0.2, 0) is 32.6 Å². The van der Waals surface area contributed by atoms with E-state index in [1.807, 2.05) is 68.4 Å². The van der Waals surface area contributed by atoms with Crippen molar-refractivity contribution in [2.75, 3.05) is 36.4 Å². The first-order chi connectivity index (χ1) is 20.2. The lowest BCUT2D eigenvalue weighted by Gasteiger charge is -2.34. The van der Waals surface area contributed by atoms with Gasteiger partial charge in [-0.05, 0) is 43.5 Å². The van der Waals surface area contributed by atoms with Gasteiger partial charge in [0.15, 0.2) is 11.5 Å². The fraction of sp³-hybridized carbons (Fsp3) is 0.375. The van der Waals surface area contributed by atoms with Crippen LogP contribution in [0.15, 0.2) is 72.8 Å². The first-order valence-corrected chi connectivity index (χ1v) is 15.9. The van der Waals surface area contributed by atoms with E-state index in [1.54, 1.807) is 18.2 Å². The van der Waals surface area contributed by atoms with Gasteiger partial charge in [0.2, 0.25) is 21.8 Å². The Bertz CT molecular complexity index is 1460. The van der Waals surface area contributed by atoms with Crippen LogP contribution in [0.25, 0.3) is 0 Å². The summed E-state index contributed by atoms with van der Waals surface area (Å²) in [6.07, 6.45) is 1.01. The van der Waals surface area contributed by atoms with Gasteiger partial charge in [0.1, 0.15) is 25.8 Å². The molecule has 9 nitrogen and oxygen atoms in total. The average molecular weight is 594 g/mol. The Labute approximate surface area is 248 Å². The molecule has 0 bridgehead atoms. The normalized spacial score (nSPS) is 13.2. The van der Waals surface area contributed by atoms with Crippen molar-refractivity contribution < 1.29 is 27.5 Å². The molecule has 2 amide bonds. The summed E-state index contributed by atoms with van der Waals surface area (Å²) in [6.45, 7) is 6.33. The molecule has 1 aliphatic heterocycles. The topological polar surface area (TPSA) is 105 Å². The van der Waals surface area contributed by atoms with Crippen molar-refractivity contribution in [2.45, 2.75) is 46.2 Å². The number of rotatable bonds is 13. The Kier molecular flexibility index (Phi) is 10.5. The van der Waals surface area contributed by atoms with E-state index in [4.69, 9.17) is 9.47 Å². The molecule has 42 heavy (non-hydrogen) atoms. The Hall–Kier alpha value is -4.05. The van der Waals surface area contributed by atoms with Crippen molar-refractivity contribution in [3.8, 4) is 11.5 Å². The van der Waals surface area contributed by atoms with E-state index in [-0.39, 0.29) is 24.6 Å². The lowest BCUT2D eigenvalue weighted by Crippen LogP contribution is -2.53. The molecular formula is C32H39N3O6S. The van der Waals surface area contributed by atoms with Crippen LogP contribution in [-0.4, -0.2) is 63.2 Å². The van der Waals surface area contributed by atoms with Crippen LogP contribution < -0.4 is 19.1 Å². The third kappa shape index (κ3) is 7.82. The number of hydrogen-bond donors (Lipinski definition) is 1. The molecule has 0 saturated carbocycles. The zero-order valence-corrected chi connectivity index (χ0v) is 25.2. The van der Waals surface area contributed by atoms with Crippen LogP contribution in [0.3, 0.4) is 0 Å². The number of carbonyl (C=O) groups excluding carboxylic acids is 2. The third-order valence-electron chi connectivity index (χ3n) is 7.09. The van der Waals surface area contributed by atoms with Crippen molar-refractivity contribution >= 4 is 27.5 Å². The van der Waals surface area contributed by atoms with Gasteiger partial charge in [0.25, 0.3) is 0 Å². The van der Waals surface area contributed by atoms with Gasteiger partial charge in [-0.1, -0.05) is 67.1 Å². The molecule has 10 heteroatoms. The van der Waals surface area contributed by atoms with Crippen LogP contribution in [0, 0.1) is 6.92 Å². The maximum absolute atomic E-state index is 14.2. The summed E-state index contributed by atoms with van der Waals surface area (Å²) in [7, 11) is -3.88. The zero-order chi connectivity index (χ0) is 30.1. The lowest BCUT2D eigenvalue weighted by molar-refractivity contribution is -0.140. The quantitative estimate of drug-likeness (QED) is 0.320. The Morgan fingerprint density at radius 1 is 0.905 bits per heavy atom. The van der Waals surface area contributed by atoms with E-state index >= 15 is 0 Å². The van der Waals surface area contributed by atoms with Gasteiger partial charge in [0.05, 0.1) is 11.4 Å². The van der Waals surface area contributed by atoms with Gasteiger partial charge in [-0.25, -0.2) is 8.42 Å². The van der Waals surface area contributed by atoms with E-state index in [1.165, 1.54) is 11.8 Å². The van der Waals surface area contributed by atoms with Gasteiger partial charge < -0.3 is 19.7 Å². The highest BCUT2D eigenvalue weighted by Crippen LogP contribution is 2.35. The second-order valence-electron chi connectivity index (χ2n) is 10.2. The molecule has 0 spiro atoms. The highest BCUT2D eigenvalue weighted by molar-refractivity contribution is 7.92. The van der Waals surface area contributed by atoms with Gasteiger partial charge >= 0.3 is 0 Å². The second kappa shape index (κ2) is 14.2. The predicted molar refractivity (Wildman–Crippen MR) is 163 cm³/mol. The molecule has 1 aliphatic rings. The second-order valence-corrected chi connectivity index (χ2v) is 12.4. The van der Waals surface area contributed by atoms with Gasteiger partial charge in [-0.2, -0.15) is 0 Å². The molecule has 3 aromatic carbocycles.